The van der Waals surface area contributed by atoms with E-state index in [1.54, 1.807) is 23.1 Å². The van der Waals surface area contributed by atoms with E-state index in [-0.39, 0.29) is 30.2 Å². The number of nitrogens with one attached hydrogen (secondary N) is 1. The van der Waals surface area contributed by atoms with E-state index >= 15 is 0 Å². The molecule has 0 spiro atoms. The topological polar surface area (TPSA) is 49.4 Å². The molecule has 0 aliphatic carbocycles. The number of nitrogens with zero attached hydrogens (tertiary/aromatic N) is 1. The molecule has 2 aromatic rings. The van der Waals surface area contributed by atoms with Crippen molar-refractivity contribution in [3.63, 3.8) is 0 Å². The van der Waals surface area contributed by atoms with Crippen LogP contribution < -0.4 is 5.32 Å². The lowest BCUT2D eigenvalue weighted by Crippen LogP contribution is -2.30. The summed E-state index contributed by atoms with van der Waals surface area (Å²) in [7, 11) is 0. The van der Waals surface area contributed by atoms with Crippen molar-refractivity contribution in [2.24, 2.45) is 5.92 Å². The first-order valence-electron chi connectivity index (χ1n) is 7.96. The van der Waals surface area contributed by atoms with Crippen LogP contribution in [0.2, 0.25) is 5.02 Å². The molecule has 124 valence electrons. The number of anilines is 1. The summed E-state index contributed by atoms with van der Waals surface area (Å²) in [5, 5.41) is 3.31. The SMILES string of the molecule is C[C@H](c1ccccc1)N1C[C@@H](C(=O)Nc2ccccc2Cl)CC1=O. The fourth-order valence-electron chi connectivity index (χ4n) is 2.99. The molecule has 1 heterocycles. The summed E-state index contributed by atoms with van der Waals surface area (Å²) >= 11 is 6.07. The highest BCUT2D eigenvalue weighted by molar-refractivity contribution is 6.33. The Morgan fingerprint density at radius 3 is 2.54 bits per heavy atom. The molecule has 0 bridgehead atoms. The van der Waals surface area contributed by atoms with Crippen molar-refractivity contribution in [3.05, 3.63) is 65.2 Å². The van der Waals surface area contributed by atoms with Gasteiger partial charge in [-0.25, -0.2) is 0 Å². The normalized spacial score (nSPS) is 18.5. The number of likely N-dealkylation sites (tertiary alicyclic amines) is 1. The van der Waals surface area contributed by atoms with Gasteiger partial charge in [-0.05, 0) is 24.6 Å². The van der Waals surface area contributed by atoms with Crippen LogP contribution in [0.5, 0.6) is 0 Å². The summed E-state index contributed by atoms with van der Waals surface area (Å²) in [5.41, 5.74) is 1.64. The van der Waals surface area contributed by atoms with Crippen LogP contribution in [0, 0.1) is 5.92 Å². The van der Waals surface area contributed by atoms with E-state index < -0.39 is 0 Å². The predicted octanol–water partition coefficient (Wildman–Crippen LogP) is 3.89. The second-order valence-electron chi connectivity index (χ2n) is 6.00. The molecule has 2 atom stereocenters. The predicted molar refractivity (Wildman–Crippen MR) is 94.8 cm³/mol. The first kappa shape index (κ1) is 16.5. The zero-order valence-corrected chi connectivity index (χ0v) is 14.2. The minimum Gasteiger partial charge on any atom is -0.335 e. The molecule has 2 aromatic carbocycles. The number of amides is 2. The van der Waals surface area contributed by atoms with E-state index in [0.29, 0.717) is 17.3 Å². The molecule has 0 radical (unpaired) electrons. The van der Waals surface area contributed by atoms with Gasteiger partial charge in [-0.3, -0.25) is 9.59 Å². The third-order valence-corrected chi connectivity index (χ3v) is 4.74. The summed E-state index contributed by atoms with van der Waals surface area (Å²) < 4.78 is 0. The molecule has 1 aliphatic rings. The number of hydrogen-bond acceptors (Lipinski definition) is 2. The maximum Gasteiger partial charge on any atom is 0.229 e. The molecule has 1 N–H and O–H groups in total. The van der Waals surface area contributed by atoms with Gasteiger partial charge in [-0.2, -0.15) is 0 Å². The molecular formula is C19H19ClN2O2. The lowest BCUT2D eigenvalue weighted by Gasteiger charge is -2.25. The maximum absolute atomic E-state index is 12.5. The Bertz CT molecular complexity index is 748. The van der Waals surface area contributed by atoms with Gasteiger partial charge in [0.25, 0.3) is 0 Å². The molecule has 3 rings (SSSR count). The minimum atomic E-state index is -0.361. The van der Waals surface area contributed by atoms with Crippen LogP contribution in [0.25, 0.3) is 0 Å². The molecule has 2 amide bonds. The molecule has 0 aromatic heterocycles. The second kappa shape index (κ2) is 7.05. The first-order valence-corrected chi connectivity index (χ1v) is 8.34. The van der Waals surface area contributed by atoms with Crippen LogP contribution in [0.1, 0.15) is 24.9 Å². The number of carbonyl (C=O) groups excluding carboxylic acids is 2. The van der Waals surface area contributed by atoms with Crippen molar-refractivity contribution < 1.29 is 9.59 Å². The molecule has 1 saturated heterocycles. The van der Waals surface area contributed by atoms with Gasteiger partial charge in [0.2, 0.25) is 11.8 Å². The third kappa shape index (κ3) is 3.44. The lowest BCUT2D eigenvalue weighted by atomic mass is 10.1. The number of benzene rings is 2. The molecule has 1 aliphatic heterocycles. The average Bonchev–Trinajstić information content (AvgIpc) is 2.99. The standard InChI is InChI=1S/C19H19ClN2O2/c1-13(14-7-3-2-4-8-14)22-12-15(11-18(22)23)19(24)21-17-10-6-5-9-16(17)20/h2-10,13,15H,11-12H2,1H3,(H,21,24)/t13-,15+/m1/s1. The fraction of sp³-hybridized carbons (Fsp3) is 0.263. The van der Waals surface area contributed by atoms with Crippen LogP contribution in [0.4, 0.5) is 5.69 Å². The first-order chi connectivity index (χ1) is 11.6. The highest BCUT2D eigenvalue weighted by atomic mass is 35.5. The summed E-state index contributed by atoms with van der Waals surface area (Å²) in [4.78, 5) is 26.6. The average molecular weight is 343 g/mol. The Balaban J connectivity index is 1.68. The molecule has 4 nitrogen and oxygen atoms in total. The summed E-state index contributed by atoms with van der Waals surface area (Å²) in [6, 6.07) is 16.9. The van der Waals surface area contributed by atoms with Crippen molar-refractivity contribution in [2.45, 2.75) is 19.4 Å². The van der Waals surface area contributed by atoms with Crippen molar-refractivity contribution in [1.82, 2.24) is 4.90 Å². The third-order valence-electron chi connectivity index (χ3n) is 4.41. The van der Waals surface area contributed by atoms with Gasteiger partial charge in [-0.1, -0.05) is 54.1 Å². The van der Waals surface area contributed by atoms with Gasteiger partial charge in [0.05, 0.1) is 22.7 Å². The molecule has 5 heteroatoms. The monoisotopic (exact) mass is 342 g/mol. The summed E-state index contributed by atoms with van der Waals surface area (Å²) in [6.45, 7) is 2.41. The van der Waals surface area contributed by atoms with Gasteiger partial charge < -0.3 is 10.2 Å². The van der Waals surface area contributed by atoms with Crippen LogP contribution in [-0.2, 0) is 9.59 Å². The summed E-state index contributed by atoms with van der Waals surface area (Å²) in [6.07, 6.45) is 0.230. The molecule has 24 heavy (non-hydrogen) atoms. The highest BCUT2D eigenvalue weighted by Crippen LogP contribution is 2.29. The molecule has 1 fully saturated rings. The molecule has 0 saturated carbocycles. The zero-order valence-electron chi connectivity index (χ0n) is 13.4. The lowest BCUT2D eigenvalue weighted by molar-refractivity contribution is -0.129. The van der Waals surface area contributed by atoms with Gasteiger partial charge in [0.15, 0.2) is 0 Å². The van der Waals surface area contributed by atoms with Crippen LogP contribution in [0.3, 0.4) is 0 Å². The Labute approximate surface area is 146 Å². The summed E-state index contributed by atoms with van der Waals surface area (Å²) in [5.74, 6) is -0.523. The Morgan fingerprint density at radius 1 is 1.17 bits per heavy atom. The largest absolute Gasteiger partial charge is 0.335 e. The number of para-hydroxylation sites is 1. The van der Waals surface area contributed by atoms with Crippen LogP contribution in [0.15, 0.2) is 54.6 Å². The van der Waals surface area contributed by atoms with Gasteiger partial charge in [0.1, 0.15) is 0 Å². The zero-order chi connectivity index (χ0) is 17.1. The highest BCUT2D eigenvalue weighted by Gasteiger charge is 2.37. The van der Waals surface area contributed by atoms with E-state index in [2.05, 4.69) is 5.32 Å². The van der Waals surface area contributed by atoms with E-state index in [9.17, 15) is 9.59 Å². The fourth-order valence-corrected chi connectivity index (χ4v) is 3.17. The second-order valence-corrected chi connectivity index (χ2v) is 6.41. The number of carbonyl (C=O) groups is 2. The Hall–Kier alpha value is -2.33. The van der Waals surface area contributed by atoms with Crippen molar-refractivity contribution in [1.29, 1.82) is 0 Å². The van der Waals surface area contributed by atoms with Crippen molar-refractivity contribution in [3.8, 4) is 0 Å². The molecule has 0 unspecified atom stereocenters. The van der Waals surface area contributed by atoms with Crippen LogP contribution >= 0.6 is 11.6 Å². The maximum atomic E-state index is 12.5. The van der Waals surface area contributed by atoms with E-state index in [1.807, 2.05) is 43.3 Å². The van der Waals surface area contributed by atoms with Crippen molar-refractivity contribution in [2.75, 3.05) is 11.9 Å². The van der Waals surface area contributed by atoms with E-state index in [0.717, 1.165) is 5.56 Å². The quantitative estimate of drug-likeness (QED) is 0.916. The van der Waals surface area contributed by atoms with E-state index in [4.69, 9.17) is 11.6 Å². The molecular weight excluding hydrogens is 324 g/mol. The van der Waals surface area contributed by atoms with E-state index in [1.165, 1.54) is 0 Å². The number of halogens is 1. The van der Waals surface area contributed by atoms with Gasteiger partial charge in [0, 0.05) is 13.0 Å². The van der Waals surface area contributed by atoms with Gasteiger partial charge in [-0.15, -0.1) is 0 Å². The Kier molecular flexibility index (Phi) is 4.86. The van der Waals surface area contributed by atoms with Crippen LogP contribution in [-0.4, -0.2) is 23.3 Å². The smallest absolute Gasteiger partial charge is 0.229 e. The van der Waals surface area contributed by atoms with Gasteiger partial charge >= 0.3 is 0 Å². The number of rotatable bonds is 4. The van der Waals surface area contributed by atoms with Crippen molar-refractivity contribution >= 4 is 29.1 Å². The Morgan fingerprint density at radius 2 is 1.83 bits per heavy atom. The number of hydrogen-bond donors (Lipinski definition) is 1. The minimum absolute atomic E-state index is 0.00524.